The van der Waals surface area contributed by atoms with E-state index in [1.54, 1.807) is 30.5 Å². The molecule has 0 aliphatic rings. The van der Waals surface area contributed by atoms with Crippen LogP contribution in [0.3, 0.4) is 0 Å². The molecule has 0 bridgehead atoms. The van der Waals surface area contributed by atoms with E-state index in [2.05, 4.69) is 4.98 Å². The molecule has 0 spiro atoms. The van der Waals surface area contributed by atoms with Gasteiger partial charge in [0.1, 0.15) is 11.3 Å². The zero-order valence-corrected chi connectivity index (χ0v) is 11.6. The van der Waals surface area contributed by atoms with Crippen LogP contribution in [0.4, 0.5) is 0 Å². The lowest BCUT2D eigenvalue weighted by Crippen LogP contribution is -2.12. The molecule has 1 aromatic carbocycles. The molecule has 2 rings (SSSR count). The number of hydrogen-bond acceptors (Lipinski definition) is 5. The van der Waals surface area contributed by atoms with Crippen LogP contribution in [0.25, 0.3) is 0 Å². The fourth-order valence-electron chi connectivity index (χ4n) is 1.75. The predicted molar refractivity (Wildman–Crippen MR) is 76.0 cm³/mol. The van der Waals surface area contributed by atoms with E-state index >= 15 is 0 Å². The number of carbonyl (C=O) groups excluding carboxylic acids is 2. The molecule has 5 nitrogen and oxygen atoms in total. The number of hydrogen-bond donors (Lipinski definition) is 0. The van der Waals surface area contributed by atoms with Crippen LogP contribution in [0.5, 0.6) is 5.75 Å². The molecule has 0 aliphatic heterocycles. The highest BCUT2D eigenvalue weighted by molar-refractivity contribution is 5.93. The second-order valence-corrected chi connectivity index (χ2v) is 4.30. The Bertz CT molecular complexity index is 625. The lowest BCUT2D eigenvalue weighted by molar-refractivity contribution is -0.131. The average Bonchev–Trinajstić information content (AvgIpc) is 2.48. The maximum Gasteiger partial charge on any atom is 0.341 e. The lowest BCUT2D eigenvalue weighted by Gasteiger charge is -2.08. The number of benzene rings is 1. The first-order valence-corrected chi connectivity index (χ1v) is 6.51. The van der Waals surface area contributed by atoms with Gasteiger partial charge in [0, 0.05) is 25.2 Å². The van der Waals surface area contributed by atoms with Gasteiger partial charge in [-0.15, -0.1) is 0 Å². The molecule has 0 N–H and O–H groups in total. The fraction of sp³-hybridized carbons (Fsp3) is 0.188. The van der Waals surface area contributed by atoms with E-state index in [1.807, 2.05) is 18.2 Å². The Morgan fingerprint density at radius 1 is 1.10 bits per heavy atom. The van der Waals surface area contributed by atoms with Gasteiger partial charge in [0.25, 0.3) is 0 Å². The van der Waals surface area contributed by atoms with E-state index in [1.165, 1.54) is 6.92 Å². The Morgan fingerprint density at radius 2 is 1.86 bits per heavy atom. The summed E-state index contributed by atoms with van der Waals surface area (Å²) in [4.78, 5) is 27.2. The Hall–Kier alpha value is -2.69. The van der Waals surface area contributed by atoms with Gasteiger partial charge in [-0.25, -0.2) is 4.79 Å². The van der Waals surface area contributed by atoms with Gasteiger partial charge >= 0.3 is 11.9 Å². The average molecular weight is 285 g/mol. The van der Waals surface area contributed by atoms with E-state index in [9.17, 15) is 9.59 Å². The van der Waals surface area contributed by atoms with Crippen LogP contribution in [0.2, 0.25) is 0 Å². The molecule has 0 saturated carbocycles. The van der Waals surface area contributed by atoms with Gasteiger partial charge in [-0.2, -0.15) is 0 Å². The molecule has 2 aromatic rings. The summed E-state index contributed by atoms with van der Waals surface area (Å²) in [6.45, 7) is 1.49. The van der Waals surface area contributed by atoms with Crippen molar-refractivity contribution in [1.82, 2.24) is 4.98 Å². The van der Waals surface area contributed by atoms with Gasteiger partial charge in [-0.1, -0.05) is 18.2 Å². The molecule has 0 radical (unpaired) electrons. The molecule has 108 valence electrons. The van der Waals surface area contributed by atoms with Crippen LogP contribution in [-0.4, -0.2) is 23.5 Å². The van der Waals surface area contributed by atoms with Gasteiger partial charge in [-0.05, 0) is 24.3 Å². The number of esters is 2. The first-order chi connectivity index (χ1) is 10.2. The molecular weight excluding hydrogens is 270 g/mol. The summed E-state index contributed by atoms with van der Waals surface area (Å²) in [6.07, 6.45) is 2.22. The van der Waals surface area contributed by atoms with E-state index in [4.69, 9.17) is 9.47 Å². The highest BCUT2D eigenvalue weighted by atomic mass is 16.5. The minimum Gasteiger partial charge on any atom is -0.462 e. The Morgan fingerprint density at radius 3 is 2.57 bits per heavy atom. The third kappa shape index (κ3) is 4.42. The summed E-state index contributed by atoms with van der Waals surface area (Å²) in [5, 5.41) is 0. The number of pyridine rings is 1. The minimum absolute atomic E-state index is 0.202. The van der Waals surface area contributed by atoms with E-state index in [0.717, 1.165) is 5.69 Å². The topological polar surface area (TPSA) is 65.5 Å². The third-order valence-corrected chi connectivity index (χ3v) is 2.68. The van der Waals surface area contributed by atoms with E-state index in [-0.39, 0.29) is 17.9 Å². The largest absolute Gasteiger partial charge is 0.462 e. The Balaban J connectivity index is 1.96. The van der Waals surface area contributed by atoms with Crippen molar-refractivity contribution in [2.75, 3.05) is 6.61 Å². The van der Waals surface area contributed by atoms with E-state index in [0.29, 0.717) is 6.42 Å². The first kappa shape index (κ1) is 14.7. The van der Waals surface area contributed by atoms with Crippen LogP contribution in [0, 0.1) is 0 Å². The SMILES string of the molecule is CC(=O)Oc1ccccc1C(=O)OCCc1ccccn1. The highest BCUT2D eigenvalue weighted by Gasteiger charge is 2.14. The van der Waals surface area contributed by atoms with Crippen molar-refractivity contribution in [3.05, 3.63) is 59.9 Å². The normalized spacial score (nSPS) is 9.95. The zero-order valence-electron chi connectivity index (χ0n) is 11.6. The summed E-state index contributed by atoms with van der Waals surface area (Å²) in [5.41, 5.74) is 1.08. The molecule has 0 amide bonds. The molecule has 5 heteroatoms. The van der Waals surface area contributed by atoms with Crippen LogP contribution in [0.15, 0.2) is 48.7 Å². The number of nitrogens with zero attached hydrogens (tertiary/aromatic N) is 1. The fourth-order valence-corrected chi connectivity index (χ4v) is 1.75. The smallest absolute Gasteiger partial charge is 0.341 e. The maximum absolute atomic E-state index is 12.0. The summed E-state index contributed by atoms with van der Waals surface area (Å²) >= 11 is 0. The van der Waals surface area contributed by atoms with Gasteiger partial charge < -0.3 is 9.47 Å². The second-order valence-electron chi connectivity index (χ2n) is 4.30. The van der Waals surface area contributed by atoms with Crippen LogP contribution in [0.1, 0.15) is 23.0 Å². The molecule has 0 aliphatic carbocycles. The summed E-state index contributed by atoms with van der Waals surface area (Å²) < 4.78 is 10.2. The lowest BCUT2D eigenvalue weighted by atomic mass is 10.2. The maximum atomic E-state index is 12.0. The molecule has 0 unspecified atom stereocenters. The number of para-hydroxylation sites is 1. The van der Waals surface area contributed by atoms with Crippen molar-refractivity contribution in [3.63, 3.8) is 0 Å². The second kappa shape index (κ2) is 7.19. The summed E-state index contributed by atoms with van der Waals surface area (Å²) in [7, 11) is 0. The van der Waals surface area contributed by atoms with Crippen molar-refractivity contribution >= 4 is 11.9 Å². The monoisotopic (exact) mass is 285 g/mol. The van der Waals surface area contributed by atoms with Crippen molar-refractivity contribution in [2.45, 2.75) is 13.3 Å². The van der Waals surface area contributed by atoms with Gasteiger partial charge in [0.05, 0.1) is 6.61 Å². The Labute approximate surface area is 122 Å². The molecule has 21 heavy (non-hydrogen) atoms. The van der Waals surface area contributed by atoms with Crippen molar-refractivity contribution in [2.24, 2.45) is 0 Å². The molecule has 1 aromatic heterocycles. The first-order valence-electron chi connectivity index (χ1n) is 6.51. The number of ether oxygens (including phenoxy) is 2. The summed E-state index contributed by atoms with van der Waals surface area (Å²) in [6, 6.07) is 12.0. The van der Waals surface area contributed by atoms with Crippen LogP contribution < -0.4 is 4.74 Å². The quantitative estimate of drug-likeness (QED) is 0.623. The molecule has 0 atom stereocenters. The highest BCUT2D eigenvalue weighted by Crippen LogP contribution is 2.19. The molecule has 0 fully saturated rings. The minimum atomic E-state index is -0.525. The molecule has 1 heterocycles. The standard InChI is InChI=1S/C16H15NO4/c1-12(18)21-15-8-3-2-7-14(15)16(19)20-11-9-13-6-4-5-10-17-13/h2-8,10H,9,11H2,1H3. The van der Waals surface area contributed by atoms with Crippen LogP contribution >= 0.6 is 0 Å². The number of carbonyl (C=O) groups is 2. The predicted octanol–water partition coefficient (Wildman–Crippen LogP) is 2.41. The third-order valence-electron chi connectivity index (χ3n) is 2.68. The number of rotatable bonds is 5. The molecule has 0 saturated heterocycles. The van der Waals surface area contributed by atoms with Gasteiger partial charge in [0.15, 0.2) is 0 Å². The van der Waals surface area contributed by atoms with Crippen LogP contribution in [-0.2, 0) is 16.0 Å². The van der Waals surface area contributed by atoms with E-state index < -0.39 is 11.9 Å². The Kier molecular flexibility index (Phi) is 5.04. The van der Waals surface area contributed by atoms with Crippen molar-refractivity contribution in [1.29, 1.82) is 0 Å². The zero-order chi connectivity index (χ0) is 15.1. The van der Waals surface area contributed by atoms with Gasteiger partial charge in [0.2, 0.25) is 0 Å². The number of aromatic nitrogens is 1. The van der Waals surface area contributed by atoms with Crippen molar-refractivity contribution < 1.29 is 19.1 Å². The van der Waals surface area contributed by atoms with Crippen molar-refractivity contribution in [3.8, 4) is 5.75 Å². The summed E-state index contributed by atoms with van der Waals surface area (Å²) in [5.74, 6) is -0.806. The molecular formula is C16H15NO4. The van der Waals surface area contributed by atoms with Gasteiger partial charge in [-0.3, -0.25) is 9.78 Å².